The fraction of sp³-hybridized carbons (Fsp3) is 0.450. The molecule has 6 heteroatoms. The second-order valence-corrected chi connectivity index (χ2v) is 7.21. The van der Waals surface area contributed by atoms with Crippen molar-refractivity contribution in [3.05, 3.63) is 36.0 Å². The fourth-order valence-corrected chi connectivity index (χ4v) is 3.23. The van der Waals surface area contributed by atoms with Crippen molar-refractivity contribution in [1.29, 1.82) is 0 Å². The molecule has 1 saturated carbocycles. The first-order valence-corrected chi connectivity index (χ1v) is 9.46. The molecule has 2 aliphatic rings. The minimum absolute atomic E-state index is 0.128. The summed E-state index contributed by atoms with van der Waals surface area (Å²) in [5.41, 5.74) is 2.73. The molecule has 1 aliphatic heterocycles. The van der Waals surface area contributed by atoms with Crippen molar-refractivity contribution in [2.45, 2.75) is 39.0 Å². The number of benzene rings is 1. The van der Waals surface area contributed by atoms with Crippen LogP contribution < -0.4 is 15.5 Å². The molecule has 0 radical (unpaired) electrons. The SMILES string of the molecule is Cc1cc(Nc2ccc(NC(=O)C3CC3)cc2)nc(N2CCCCC2)n1. The van der Waals surface area contributed by atoms with Gasteiger partial charge in [-0.1, -0.05) is 0 Å². The van der Waals surface area contributed by atoms with Gasteiger partial charge in [0.15, 0.2) is 0 Å². The Labute approximate surface area is 154 Å². The van der Waals surface area contributed by atoms with Crippen LogP contribution in [0.4, 0.5) is 23.1 Å². The third-order valence-corrected chi connectivity index (χ3v) is 4.85. The summed E-state index contributed by atoms with van der Waals surface area (Å²) in [4.78, 5) is 23.4. The standard InChI is InChI=1S/C20H25N5O/c1-14-13-18(24-20(21-14)25-11-3-2-4-12-25)22-16-7-9-17(10-8-16)23-19(26)15-5-6-15/h7-10,13,15H,2-6,11-12H2,1H3,(H,23,26)(H,21,22,24). The van der Waals surface area contributed by atoms with Crippen molar-refractivity contribution < 1.29 is 4.79 Å². The van der Waals surface area contributed by atoms with Gasteiger partial charge in [0.2, 0.25) is 11.9 Å². The number of carbonyl (C=O) groups excluding carboxylic acids is 1. The Balaban J connectivity index is 1.44. The number of carbonyl (C=O) groups is 1. The van der Waals surface area contributed by atoms with Gasteiger partial charge in [0, 0.05) is 42.1 Å². The van der Waals surface area contributed by atoms with E-state index < -0.39 is 0 Å². The quantitative estimate of drug-likeness (QED) is 0.856. The molecule has 2 heterocycles. The Morgan fingerprint density at radius 1 is 1.04 bits per heavy atom. The zero-order valence-corrected chi connectivity index (χ0v) is 15.2. The van der Waals surface area contributed by atoms with E-state index >= 15 is 0 Å². The Bertz CT molecular complexity index is 779. The summed E-state index contributed by atoms with van der Waals surface area (Å²) in [7, 11) is 0. The number of rotatable bonds is 5. The number of nitrogens with zero attached hydrogens (tertiary/aromatic N) is 3. The first-order chi connectivity index (χ1) is 12.7. The van der Waals surface area contributed by atoms with Crippen LogP contribution in [0.5, 0.6) is 0 Å². The van der Waals surface area contributed by atoms with Gasteiger partial charge in [-0.15, -0.1) is 0 Å². The number of nitrogens with one attached hydrogen (secondary N) is 2. The molecule has 4 rings (SSSR count). The summed E-state index contributed by atoms with van der Waals surface area (Å²) < 4.78 is 0. The number of hydrogen-bond acceptors (Lipinski definition) is 5. The average molecular weight is 351 g/mol. The van der Waals surface area contributed by atoms with Crippen LogP contribution in [-0.4, -0.2) is 29.0 Å². The first-order valence-electron chi connectivity index (χ1n) is 9.46. The van der Waals surface area contributed by atoms with Crippen LogP contribution in [0.15, 0.2) is 30.3 Å². The summed E-state index contributed by atoms with van der Waals surface area (Å²) in [6.07, 6.45) is 5.72. The highest BCUT2D eigenvalue weighted by molar-refractivity contribution is 5.94. The Kier molecular flexibility index (Phi) is 4.73. The average Bonchev–Trinajstić information content (AvgIpc) is 3.49. The summed E-state index contributed by atoms with van der Waals surface area (Å²) >= 11 is 0. The van der Waals surface area contributed by atoms with Gasteiger partial charge in [0.1, 0.15) is 5.82 Å². The van der Waals surface area contributed by atoms with E-state index in [1.54, 1.807) is 0 Å². The molecule has 136 valence electrons. The van der Waals surface area contributed by atoms with Crippen LogP contribution in [0.1, 0.15) is 37.8 Å². The molecule has 1 saturated heterocycles. The molecule has 26 heavy (non-hydrogen) atoms. The second-order valence-electron chi connectivity index (χ2n) is 7.21. The molecule has 0 atom stereocenters. The molecule has 2 fully saturated rings. The maximum absolute atomic E-state index is 11.8. The van der Waals surface area contributed by atoms with Crippen molar-refractivity contribution >= 4 is 29.0 Å². The highest BCUT2D eigenvalue weighted by Crippen LogP contribution is 2.30. The smallest absolute Gasteiger partial charge is 0.227 e. The third kappa shape index (κ3) is 4.12. The number of aryl methyl sites for hydroxylation is 1. The molecular weight excluding hydrogens is 326 g/mol. The lowest BCUT2D eigenvalue weighted by Gasteiger charge is -2.27. The van der Waals surface area contributed by atoms with E-state index in [0.717, 1.165) is 54.8 Å². The number of aromatic nitrogens is 2. The Morgan fingerprint density at radius 3 is 2.42 bits per heavy atom. The van der Waals surface area contributed by atoms with Crippen molar-refractivity contribution in [2.75, 3.05) is 28.6 Å². The third-order valence-electron chi connectivity index (χ3n) is 4.85. The minimum Gasteiger partial charge on any atom is -0.341 e. The number of amides is 1. The van der Waals surface area contributed by atoms with E-state index in [1.807, 2.05) is 37.3 Å². The van der Waals surface area contributed by atoms with Crippen molar-refractivity contribution in [1.82, 2.24) is 9.97 Å². The van der Waals surface area contributed by atoms with Crippen molar-refractivity contribution in [2.24, 2.45) is 5.92 Å². The molecule has 1 aromatic carbocycles. The van der Waals surface area contributed by atoms with E-state index in [1.165, 1.54) is 19.3 Å². The van der Waals surface area contributed by atoms with Crippen LogP contribution >= 0.6 is 0 Å². The fourth-order valence-electron chi connectivity index (χ4n) is 3.23. The molecule has 0 unspecified atom stereocenters. The molecular formula is C20H25N5O. The number of hydrogen-bond donors (Lipinski definition) is 2. The summed E-state index contributed by atoms with van der Waals surface area (Å²) in [6, 6.07) is 9.71. The van der Waals surface area contributed by atoms with Crippen LogP contribution in [0.3, 0.4) is 0 Å². The maximum Gasteiger partial charge on any atom is 0.227 e. The number of piperidine rings is 1. The monoisotopic (exact) mass is 351 g/mol. The van der Waals surface area contributed by atoms with Gasteiger partial charge < -0.3 is 15.5 Å². The van der Waals surface area contributed by atoms with Crippen LogP contribution in [-0.2, 0) is 4.79 Å². The van der Waals surface area contributed by atoms with Gasteiger partial charge in [-0.25, -0.2) is 4.98 Å². The van der Waals surface area contributed by atoms with Crippen molar-refractivity contribution in [3.8, 4) is 0 Å². The van der Waals surface area contributed by atoms with Crippen LogP contribution in [0, 0.1) is 12.8 Å². The molecule has 2 N–H and O–H groups in total. The van der Waals surface area contributed by atoms with Crippen molar-refractivity contribution in [3.63, 3.8) is 0 Å². The molecule has 0 bridgehead atoms. The van der Waals surface area contributed by atoms with Crippen LogP contribution in [0.25, 0.3) is 0 Å². The van der Waals surface area contributed by atoms with E-state index in [4.69, 9.17) is 0 Å². The second kappa shape index (κ2) is 7.32. The van der Waals surface area contributed by atoms with E-state index in [0.29, 0.717) is 0 Å². The molecule has 1 amide bonds. The van der Waals surface area contributed by atoms with Gasteiger partial charge in [-0.05, 0) is 63.3 Å². The largest absolute Gasteiger partial charge is 0.341 e. The van der Waals surface area contributed by atoms with Gasteiger partial charge in [0.05, 0.1) is 0 Å². The van der Waals surface area contributed by atoms with E-state index in [-0.39, 0.29) is 11.8 Å². The normalized spacial score (nSPS) is 17.0. The van der Waals surface area contributed by atoms with Gasteiger partial charge >= 0.3 is 0 Å². The minimum atomic E-state index is 0.128. The highest BCUT2D eigenvalue weighted by Gasteiger charge is 2.29. The molecule has 6 nitrogen and oxygen atoms in total. The Morgan fingerprint density at radius 2 is 1.73 bits per heavy atom. The highest BCUT2D eigenvalue weighted by atomic mass is 16.2. The number of anilines is 4. The summed E-state index contributed by atoms with van der Waals surface area (Å²) in [5, 5.41) is 6.31. The zero-order chi connectivity index (χ0) is 17.9. The molecule has 1 aliphatic carbocycles. The summed E-state index contributed by atoms with van der Waals surface area (Å²) in [6.45, 7) is 4.05. The lowest BCUT2D eigenvalue weighted by atomic mass is 10.1. The Hall–Kier alpha value is -2.63. The van der Waals surface area contributed by atoms with Gasteiger partial charge in [0.25, 0.3) is 0 Å². The topological polar surface area (TPSA) is 70.2 Å². The summed E-state index contributed by atoms with van der Waals surface area (Å²) in [5.74, 6) is 1.95. The van der Waals surface area contributed by atoms with E-state index in [9.17, 15) is 4.79 Å². The lowest BCUT2D eigenvalue weighted by molar-refractivity contribution is -0.117. The zero-order valence-electron chi connectivity index (χ0n) is 15.2. The predicted octanol–water partition coefficient (Wildman–Crippen LogP) is 3.87. The van der Waals surface area contributed by atoms with E-state index in [2.05, 4.69) is 25.5 Å². The molecule has 1 aromatic heterocycles. The first kappa shape index (κ1) is 16.8. The van der Waals surface area contributed by atoms with Gasteiger partial charge in [-0.2, -0.15) is 4.98 Å². The lowest BCUT2D eigenvalue weighted by Crippen LogP contribution is -2.31. The van der Waals surface area contributed by atoms with Crippen LogP contribution in [0.2, 0.25) is 0 Å². The maximum atomic E-state index is 11.8. The predicted molar refractivity (Wildman–Crippen MR) is 104 cm³/mol. The van der Waals surface area contributed by atoms with Gasteiger partial charge in [-0.3, -0.25) is 4.79 Å². The molecule has 2 aromatic rings. The molecule has 0 spiro atoms.